The quantitative estimate of drug-likeness (QED) is 0.382. The highest BCUT2D eigenvalue weighted by Gasteiger charge is 2.30. The fourth-order valence-corrected chi connectivity index (χ4v) is 4.37. The summed E-state index contributed by atoms with van der Waals surface area (Å²) in [6.45, 7) is 1.07. The maximum atomic E-state index is 13.1. The Bertz CT molecular complexity index is 1490. The van der Waals surface area contributed by atoms with Crippen molar-refractivity contribution in [2.24, 2.45) is 0 Å². The summed E-state index contributed by atoms with van der Waals surface area (Å²) in [7, 11) is 0. The third kappa shape index (κ3) is 5.22. The highest BCUT2D eigenvalue weighted by Crippen LogP contribution is 2.31. The van der Waals surface area contributed by atoms with Crippen LogP contribution in [0.25, 0.3) is 10.2 Å². The van der Waals surface area contributed by atoms with Gasteiger partial charge in [0, 0.05) is 11.4 Å². The van der Waals surface area contributed by atoms with Crippen molar-refractivity contribution >= 4 is 44.7 Å². The first-order valence-corrected chi connectivity index (χ1v) is 10.9. The van der Waals surface area contributed by atoms with Gasteiger partial charge in [-0.2, -0.15) is 13.2 Å². The molecule has 0 unspecified atom stereocenters. The van der Waals surface area contributed by atoms with E-state index in [0.717, 1.165) is 40.4 Å². The number of thiophene rings is 1. The molecule has 0 aliphatic rings. The van der Waals surface area contributed by atoms with Gasteiger partial charge in [-0.3, -0.25) is 19.0 Å². The van der Waals surface area contributed by atoms with E-state index >= 15 is 0 Å². The number of rotatable bonds is 5. The smallest absolute Gasteiger partial charge is 0.325 e. The monoisotopic (exact) mass is 504 g/mol. The van der Waals surface area contributed by atoms with Crippen LogP contribution in [-0.2, 0) is 17.5 Å². The van der Waals surface area contributed by atoms with Gasteiger partial charge in [0.05, 0.1) is 22.2 Å². The first-order chi connectivity index (χ1) is 16.5. The molecule has 2 aromatic heterocycles. The van der Waals surface area contributed by atoms with Gasteiger partial charge in [-0.1, -0.05) is 6.07 Å². The number of nitrogens with zero attached hydrogens (tertiary/aromatic N) is 2. The fraction of sp³-hybridized carbons (Fsp3) is 0.130. The second kappa shape index (κ2) is 9.29. The van der Waals surface area contributed by atoms with Gasteiger partial charge in [0.2, 0.25) is 5.91 Å². The normalized spacial score (nSPS) is 11.5. The number of halogens is 4. The lowest BCUT2D eigenvalue weighted by Crippen LogP contribution is -2.28. The largest absolute Gasteiger partial charge is 0.416 e. The number of aryl methyl sites for hydroxylation is 1. The van der Waals surface area contributed by atoms with Gasteiger partial charge in [-0.25, -0.2) is 9.37 Å². The molecule has 0 saturated heterocycles. The minimum absolute atomic E-state index is 0.0709. The van der Waals surface area contributed by atoms with Crippen molar-refractivity contribution in [1.82, 2.24) is 9.55 Å². The SMILES string of the molecule is Cc1c(C(=O)Nc2ccc(F)cc2)sc2ncn(CC(=O)Nc3cccc(C(F)(F)F)c3)c(=O)c12. The van der Waals surface area contributed by atoms with Crippen LogP contribution in [-0.4, -0.2) is 21.4 Å². The van der Waals surface area contributed by atoms with Crippen LogP contribution in [0.3, 0.4) is 0 Å². The van der Waals surface area contributed by atoms with E-state index in [1.54, 1.807) is 6.92 Å². The minimum atomic E-state index is -4.57. The molecule has 2 N–H and O–H groups in total. The Morgan fingerprint density at radius 1 is 1.06 bits per heavy atom. The van der Waals surface area contributed by atoms with Crippen LogP contribution in [0.2, 0.25) is 0 Å². The zero-order valence-electron chi connectivity index (χ0n) is 17.9. The molecule has 7 nitrogen and oxygen atoms in total. The van der Waals surface area contributed by atoms with Gasteiger partial charge in [0.1, 0.15) is 17.2 Å². The van der Waals surface area contributed by atoms with Crippen molar-refractivity contribution in [3.05, 3.63) is 87.0 Å². The number of hydrogen-bond acceptors (Lipinski definition) is 5. The molecule has 4 rings (SSSR count). The number of amides is 2. The van der Waals surface area contributed by atoms with E-state index in [4.69, 9.17) is 0 Å². The van der Waals surface area contributed by atoms with Crippen molar-refractivity contribution < 1.29 is 27.2 Å². The summed E-state index contributed by atoms with van der Waals surface area (Å²) in [6, 6.07) is 9.29. The first kappa shape index (κ1) is 24.1. The standard InChI is InChI=1S/C23H16F4N4O3S/c1-12-18-21(35-19(12)20(33)30-15-7-5-14(24)6-8-15)28-11-31(22(18)34)10-17(32)29-16-4-2-3-13(9-16)23(25,26)27/h2-9,11H,10H2,1H3,(H,29,32)(H,30,33). The number of alkyl halides is 3. The molecule has 2 aromatic carbocycles. The van der Waals surface area contributed by atoms with E-state index in [9.17, 15) is 31.9 Å². The topological polar surface area (TPSA) is 93.1 Å². The average Bonchev–Trinajstić information content (AvgIpc) is 3.14. The van der Waals surface area contributed by atoms with E-state index in [1.165, 1.54) is 30.3 Å². The van der Waals surface area contributed by atoms with E-state index in [-0.39, 0.29) is 20.8 Å². The maximum absolute atomic E-state index is 13.1. The van der Waals surface area contributed by atoms with Crippen LogP contribution in [0.15, 0.2) is 59.7 Å². The summed E-state index contributed by atoms with van der Waals surface area (Å²) in [4.78, 5) is 42.7. The molecule has 0 spiro atoms. The van der Waals surface area contributed by atoms with Gasteiger partial charge in [0.15, 0.2) is 0 Å². The van der Waals surface area contributed by atoms with E-state index in [1.807, 2.05) is 0 Å². The van der Waals surface area contributed by atoms with Crippen molar-refractivity contribution in [2.75, 3.05) is 10.6 Å². The van der Waals surface area contributed by atoms with Crippen molar-refractivity contribution in [3.63, 3.8) is 0 Å². The summed E-state index contributed by atoms with van der Waals surface area (Å²) < 4.78 is 52.7. The van der Waals surface area contributed by atoms with Crippen LogP contribution in [0.4, 0.5) is 28.9 Å². The molecule has 0 radical (unpaired) electrons. The molecule has 4 aromatic rings. The number of carbonyl (C=O) groups excluding carboxylic acids is 2. The third-order valence-electron chi connectivity index (χ3n) is 5.01. The maximum Gasteiger partial charge on any atom is 0.416 e. The number of fused-ring (bicyclic) bond motifs is 1. The van der Waals surface area contributed by atoms with E-state index in [0.29, 0.717) is 11.3 Å². The molecule has 0 bridgehead atoms. The molecule has 0 aliphatic carbocycles. The summed E-state index contributed by atoms with van der Waals surface area (Å²) >= 11 is 0.985. The lowest BCUT2D eigenvalue weighted by Gasteiger charge is -2.10. The van der Waals surface area contributed by atoms with Crippen molar-refractivity contribution in [1.29, 1.82) is 0 Å². The van der Waals surface area contributed by atoms with Crippen LogP contribution < -0.4 is 16.2 Å². The Hall–Kier alpha value is -4.06. The van der Waals surface area contributed by atoms with Gasteiger partial charge >= 0.3 is 6.18 Å². The van der Waals surface area contributed by atoms with Crippen LogP contribution in [0.1, 0.15) is 20.8 Å². The molecule has 180 valence electrons. The number of hydrogen-bond donors (Lipinski definition) is 2. The Morgan fingerprint density at radius 2 is 1.77 bits per heavy atom. The molecule has 12 heteroatoms. The lowest BCUT2D eigenvalue weighted by atomic mass is 10.2. The van der Waals surface area contributed by atoms with Gasteiger partial charge in [0.25, 0.3) is 11.5 Å². The number of nitrogens with one attached hydrogen (secondary N) is 2. The third-order valence-corrected chi connectivity index (χ3v) is 6.21. The molecular formula is C23H16F4N4O3S. The van der Waals surface area contributed by atoms with Gasteiger partial charge in [-0.15, -0.1) is 11.3 Å². The zero-order valence-corrected chi connectivity index (χ0v) is 18.8. The first-order valence-electron chi connectivity index (χ1n) is 10.1. The second-order valence-electron chi connectivity index (χ2n) is 7.50. The average molecular weight is 504 g/mol. The summed E-state index contributed by atoms with van der Waals surface area (Å²) in [5, 5.41) is 5.10. The van der Waals surface area contributed by atoms with Crippen molar-refractivity contribution in [3.8, 4) is 0 Å². The Labute approximate surface area is 199 Å². The Balaban J connectivity index is 1.55. The summed E-state index contributed by atoms with van der Waals surface area (Å²) in [6.07, 6.45) is -3.43. The van der Waals surface area contributed by atoms with Crippen LogP contribution in [0, 0.1) is 12.7 Å². The molecular weight excluding hydrogens is 488 g/mol. The number of carbonyl (C=O) groups is 2. The number of benzene rings is 2. The van der Waals surface area contributed by atoms with Crippen molar-refractivity contribution in [2.45, 2.75) is 19.6 Å². The predicted octanol–water partition coefficient (Wildman–Crippen LogP) is 4.82. The molecule has 35 heavy (non-hydrogen) atoms. The fourth-order valence-electron chi connectivity index (χ4n) is 3.34. The van der Waals surface area contributed by atoms with E-state index < -0.39 is 41.5 Å². The molecule has 0 saturated carbocycles. The number of anilines is 2. The summed E-state index contributed by atoms with van der Waals surface area (Å²) in [5.74, 6) is -1.69. The van der Waals surface area contributed by atoms with Gasteiger partial charge < -0.3 is 10.6 Å². The van der Waals surface area contributed by atoms with E-state index in [2.05, 4.69) is 15.6 Å². The molecule has 2 heterocycles. The zero-order chi connectivity index (χ0) is 25.3. The van der Waals surface area contributed by atoms with Crippen LogP contribution >= 0.6 is 11.3 Å². The molecule has 0 aliphatic heterocycles. The second-order valence-corrected chi connectivity index (χ2v) is 8.50. The molecule has 2 amide bonds. The summed E-state index contributed by atoms with van der Waals surface area (Å²) in [5.41, 5.74) is -0.849. The molecule has 0 atom stereocenters. The Kier molecular flexibility index (Phi) is 6.39. The lowest BCUT2D eigenvalue weighted by molar-refractivity contribution is -0.137. The van der Waals surface area contributed by atoms with Crippen LogP contribution in [0.5, 0.6) is 0 Å². The molecule has 0 fully saturated rings. The predicted molar refractivity (Wildman–Crippen MR) is 123 cm³/mol. The Morgan fingerprint density at radius 3 is 2.46 bits per heavy atom. The highest BCUT2D eigenvalue weighted by molar-refractivity contribution is 7.20. The highest BCUT2D eigenvalue weighted by atomic mass is 32.1. The number of aromatic nitrogens is 2. The minimum Gasteiger partial charge on any atom is -0.325 e. The van der Waals surface area contributed by atoms with Gasteiger partial charge in [-0.05, 0) is 55.0 Å².